The smallest absolute Gasteiger partial charge is 0.251 e. The van der Waals surface area contributed by atoms with Crippen LogP contribution in [0, 0.1) is 0 Å². The van der Waals surface area contributed by atoms with Crippen molar-refractivity contribution < 1.29 is 9.53 Å². The largest absolute Gasteiger partial charge is 0.489 e. The number of amides is 1. The molecule has 2 aliphatic rings. The van der Waals surface area contributed by atoms with Gasteiger partial charge in [0.2, 0.25) is 5.95 Å². The minimum Gasteiger partial charge on any atom is -0.489 e. The summed E-state index contributed by atoms with van der Waals surface area (Å²) in [5.41, 5.74) is 6.79. The fourth-order valence-electron chi connectivity index (χ4n) is 5.11. The lowest BCUT2D eigenvalue weighted by atomic mass is 8.53. The summed E-state index contributed by atoms with van der Waals surface area (Å²) in [4.78, 5) is 24.2. The quantitative estimate of drug-likeness (QED) is 0.364. The average molecular weight is 560 g/mol. The second-order valence-corrected chi connectivity index (χ2v) is 11.3. The number of carbonyl (C=O) groups is 1. The first-order chi connectivity index (χ1) is 20.0. The van der Waals surface area contributed by atoms with Gasteiger partial charge >= 0.3 is 0 Å². The number of anilines is 1. The Morgan fingerprint density at radius 2 is 1.52 bits per heavy atom. The summed E-state index contributed by atoms with van der Waals surface area (Å²) in [7, 11) is 37.9. The number of halogens is 1. The van der Waals surface area contributed by atoms with Crippen molar-refractivity contribution in [2.75, 3.05) is 31.1 Å². The molecule has 0 atom stereocenters. The summed E-state index contributed by atoms with van der Waals surface area (Å²) in [6.07, 6.45) is 5.45. The molecule has 0 unspecified atom stereocenters. The number of nitrogens with two attached hydrogens (primary N) is 1. The molecule has 7 nitrogen and oxygen atoms in total. The van der Waals surface area contributed by atoms with Gasteiger partial charge < -0.3 is 15.4 Å². The number of aromatic nitrogens is 2. The topological polar surface area (TPSA) is 84.6 Å². The van der Waals surface area contributed by atoms with Crippen LogP contribution in [-0.2, 0) is 6.54 Å². The highest BCUT2D eigenvalue weighted by Gasteiger charge is 2.30. The van der Waals surface area contributed by atoms with E-state index in [9.17, 15) is 4.79 Å². The number of hydrogen-bond acceptors (Lipinski definition) is 6. The molecule has 2 aliphatic heterocycles. The highest BCUT2D eigenvalue weighted by molar-refractivity contribution is 8.05. The van der Waals surface area contributed by atoms with Crippen molar-refractivity contribution in [1.29, 1.82) is 0 Å². The second-order valence-electron chi connectivity index (χ2n) is 10.9. The van der Waals surface area contributed by atoms with Crippen LogP contribution in [0.1, 0.15) is 48.0 Å². The summed E-state index contributed by atoms with van der Waals surface area (Å²) in [6, 6.07) is 6.16. The van der Waals surface area contributed by atoms with E-state index in [1.54, 1.807) is 0 Å². The van der Waals surface area contributed by atoms with Crippen LogP contribution in [0.25, 0.3) is 0 Å². The molecule has 1 amide bonds. The van der Waals surface area contributed by atoms with E-state index in [2.05, 4.69) is 25.8 Å². The summed E-state index contributed by atoms with van der Waals surface area (Å²) in [6.45, 7) is 4.86. The zero-order chi connectivity index (χ0) is 30.8. The van der Waals surface area contributed by atoms with E-state index >= 15 is 0 Å². The minimum absolute atomic E-state index is 0.108. The van der Waals surface area contributed by atoms with Crippen LogP contribution in [0.5, 0.6) is 5.75 Å². The van der Waals surface area contributed by atoms with Crippen molar-refractivity contribution in [3.63, 3.8) is 0 Å². The molecule has 42 heavy (non-hydrogen) atoms. The van der Waals surface area contributed by atoms with Gasteiger partial charge in [-0.2, -0.15) is 0 Å². The first-order valence-electron chi connectivity index (χ1n) is 14.3. The van der Waals surface area contributed by atoms with Crippen LogP contribution in [0.2, 0.25) is 5.02 Å². The summed E-state index contributed by atoms with van der Waals surface area (Å²) in [5, 5.41) is 0.678. The van der Waals surface area contributed by atoms with Gasteiger partial charge in [-0.25, -0.2) is 9.97 Å². The van der Waals surface area contributed by atoms with Gasteiger partial charge in [0.05, 0.1) is 10.6 Å². The molecule has 0 bridgehead atoms. The zero-order valence-corrected chi connectivity index (χ0v) is 24.8. The minimum atomic E-state index is -0.723. The van der Waals surface area contributed by atoms with E-state index < -0.39 is 37.8 Å². The van der Waals surface area contributed by atoms with Crippen LogP contribution < -0.4 is 15.4 Å². The number of ether oxygens (including phenoxy) is 1. The van der Waals surface area contributed by atoms with E-state index in [-0.39, 0.29) is 6.10 Å². The lowest BCUT2D eigenvalue weighted by Crippen LogP contribution is -2.67. The van der Waals surface area contributed by atoms with Gasteiger partial charge in [-0.15, -0.1) is 0 Å². The predicted octanol–water partition coefficient (Wildman–Crippen LogP) is -1.31. The van der Waals surface area contributed by atoms with Gasteiger partial charge in [-0.05, 0) is 43.6 Å². The number of benzene rings is 1. The molecule has 14 radical (unpaired) electrons. The van der Waals surface area contributed by atoms with Crippen LogP contribution >= 0.6 is 11.6 Å². The molecule has 0 spiro atoms. The number of nitrogens with zero attached hydrogens (tertiary/aromatic N) is 4. The fourth-order valence-corrected chi connectivity index (χ4v) is 5.35. The Kier molecular flexibility index (Phi) is 14.1. The molecule has 1 aromatic heterocycles. The van der Waals surface area contributed by atoms with Gasteiger partial charge in [0, 0.05) is 131 Å². The van der Waals surface area contributed by atoms with Crippen LogP contribution in [0.15, 0.2) is 30.6 Å². The van der Waals surface area contributed by atoms with Gasteiger partial charge in [0.25, 0.3) is 5.91 Å². The number of hydrogen-bond donors (Lipinski definition) is 1. The van der Waals surface area contributed by atoms with Crippen molar-refractivity contribution in [3.05, 3.63) is 46.7 Å². The molecule has 0 aliphatic carbocycles. The van der Waals surface area contributed by atoms with Crippen molar-refractivity contribution in [2.45, 2.75) is 44.8 Å². The lowest BCUT2D eigenvalue weighted by molar-refractivity contribution is 0.0999. The van der Waals surface area contributed by atoms with Crippen molar-refractivity contribution >= 4 is 110 Å². The number of likely N-dealkylation sites (tertiary alicyclic amines) is 1. The molecule has 2 fully saturated rings. The molecule has 2 aromatic rings. The fraction of sp³-hybridized carbons (Fsp3) is 0.500. The Morgan fingerprint density at radius 1 is 0.929 bits per heavy atom. The van der Waals surface area contributed by atoms with E-state index in [0.29, 0.717) is 16.5 Å². The first kappa shape index (κ1) is 34.9. The average Bonchev–Trinajstić information content (AvgIpc) is 2.95. The highest BCUT2D eigenvalue weighted by Crippen LogP contribution is 2.29. The third-order valence-electron chi connectivity index (χ3n) is 7.57. The van der Waals surface area contributed by atoms with Crippen molar-refractivity contribution in [1.82, 2.24) is 14.9 Å². The van der Waals surface area contributed by atoms with Gasteiger partial charge in [-0.3, -0.25) is 9.69 Å². The summed E-state index contributed by atoms with van der Waals surface area (Å²) in [5.74, 6) is 0.839. The Morgan fingerprint density at radius 3 is 2.00 bits per heavy atom. The molecular formula is C22H28B12ClN5O2. The zero-order valence-electron chi connectivity index (χ0n) is 24.0. The van der Waals surface area contributed by atoms with Crippen LogP contribution in [0.3, 0.4) is 0 Å². The van der Waals surface area contributed by atoms with Gasteiger partial charge in [-0.1, -0.05) is 24.1 Å². The lowest BCUT2D eigenvalue weighted by Gasteiger charge is -2.32. The number of piperidine rings is 2. The van der Waals surface area contributed by atoms with Crippen molar-refractivity contribution in [3.8, 4) is 5.75 Å². The molecule has 196 valence electrons. The van der Waals surface area contributed by atoms with E-state index in [0.717, 1.165) is 38.2 Å². The molecular weight excluding hydrogens is 531 g/mol. The predicted molar refractivity (Wildman–Crippen MR) is 186 cm³/mol. The molecule has 1 aromatic carbocycles. The van der Waals surface area contributed by atoms with E-state index in [4.69, 9.17) is 76.2 Å². The standard InChI is InChI=1S/C22H28ClN5O2.B12/c23-19-12-16(15-27-8-2-1-3-9-27)4-5-20(19)30-18-6-10-28(11-7-18)22-25-13-17(14-26-22)21(24)29;1-8(2)11(7)12(9(3)4)10(5)6/h4-5,12-14,18H,1-3,6-11,15H2,(H2,24,29);. The van der Waals surface area contributed by atoms with Crippen LogP contribution in [0.4, 0.5) is 5.95 Å². The number of primary amides is 1. The molecule has 2 N–H and O–H groups in total. The number of carbonyl (C=O) groups excluding carboxylic acids is 1. The third-order valence-corrected chi connectivity index (χ3v) is 7.87. The van der Waals surface area contributed by atoms with E-state index in [1.165, 1.54) is 50.3 Å². The third kappa shape index (κ3) is 10.5. The Hall–Kier alpha value is -1.60. The molecule has 4 rings (SSSR count). The summed E-state index contributed by atoms with van der Waals surface area (Å²) < 4.78 is 6.19. The summed E-state index contributed by atoms with van der Waals surface area (Å²) >= 11 is 6.52. The molecule has 20 heteroatoms. The maximum atomic E-state index is 11.2. The van der Waals surface area contributed by atoms with E-state index in [1.807, 2.05) is 12.1 Å². The first-order valence-corrected chi connectivity index (χ1v) is 14.7. The second kappa shape index (κ2) is 17.0. The molecule has 2 saturated heterocycles. The maximum Gasteiger partial charge on any atom is 0.251 e. The highest BCUT2D eigenvalue weighted by atomic mass is 35.5. The van der Waals surface area contributed by atoms with Crippen LogP contribution in [-0.4, -0.2) is 139 Å². The Labute approximate surface area is 267 Å². The normalized spacial score (nSPS) is 15.6. The molecule has 3 heterocycles. The monoisotopic (exact) mass is 561 g/mol. The van der Waals surface area contributed by atoms with Crippen molar-refractivity contribution in [2.24, 2.45) is 5.73 Å². The maximum absolute atomic E-state index is 11.2. The SMILES string of the molecule is NC(=O)c1cnc(N2CCC(Oc3ccc(CN4CCCCC4)cc3Cl)CC2)nc1.[B]B([B])B([B])B(B([B])[B])B([B])[B]. The molecule has 0 saturated carbocycles. The Balaban J connectivity index is 0.000000343. The number of rotatable bonds is 10. The Bertz CT molecular complexity index is 1120. The van der Waals surface area contributed by atoms with Gasteiger partial charge in [0.1, 0.15) is 11.9 Å². The van der Waals surface area contributed by atoms with Gasteiger partial charge in [0.15, 0.2) is 0 Å².